The van der Waals surface area contributed by atoms with E-state index in [9.17, 15) is 13.2 Å². The van der Waals surface area contributed by atoms with Crippen molar-refractivity contribution in [3.63, 3.8) is 0 Å². The Morgan fingerprint density at radius 1 is 1.15 bits per heavy atom. The van der Waals surface area contributed by atoms with Crippen LogP contribution in [0.2, 0.25) is 5.02 Å². The number of hydrogen-bond donors (Lipinski definition) is 1. The van der Waals surface area contributed by atoms with E-state index in [1.807, 2.05) is 6.07 Å². The van der Waals surface area contributed by atoms with Crippen LogP contribution in [0.25, 0.3) is 0 Å². The number of carbonyl (C=O) groups is 1. The second-order valence-corrected chi connectivity index (χ2v) is 8.72. The largest absolute Gasteiger partial charge is 0.348 e. The van der Waals surface area contributed by atoms with Gasteiger partial charge in [-0.1, -0.05) is 35.9 Å². The average molecular weight is 393 g/mol. The lowest BCUT2D eigenvalue weighted by Crippen LogP contribution is -2.49. The molecule has 1 fully saturated rings. The highest BCUT2D eigenvalue weighted by molar-refractivity contribution is 7.89. The molecule has 0 radical (unpaired) electrons. The summed E-state index contributed by atoms with van der Waals surface area (Å²) < 4.78 is 27.5. The van der Waals surface area contributed by atoms with Crippen LogP contribution in [0.3, 0.4) is 0 Å². The number of amides is 1. The van der Waals surface area contributed by atoms with Crippen molar-refractivity contribution >= 4 is 27.5 Å². The molecule has 1 saturated heterocycles. The van der Waals surface area contributed by atoms with Gasteiger partial charge in [0.25, 0.3) is 5.91 Å². The molecule has 1 aliphatic rings. The SMILES string of the molecule is Cc1c(Cl)cccc1S(=O)(=O)N1CCC[C@H](NC(=O)c2ccccc2)C1. The zero-order chi connectivity index (χ0) is 18.7. The second kappa shape index (κ2) is 7.78. The Bertz CT molecular complexity index is 900. The molecular formula is C19H21ClN2O3S. The first kappa shape index (κ1) is 18.9. The molecule has 5 nitrogen and oxygen atoms in total. The fraction of sp³-hybridized carbons (Fsp3) is 0.316. The molecule has 0 saturated carbocycles. The highest BCUT2D eigenvalue weighted by Gasteiger charge is 2.32. The number of benzene rings is 2. The van der Waals surface area contributed by atoms with Crippen LogP contribution in [0.5, 0.6) is 0 Å². The molecule has 1 aliphatic heterocycles. The minimum atomic E-state index is -3.65. The first-order valence-corrected chi connectivity index (χ1v) is 10.3. The van der Waals surface area contributed by atoms with Gasteiger partial charge in [-0.3, -0.25) is 4.79 Å². The number of sulfonamides is 1. The average Bonchev–Trinajstić information content (AvgIpc) is 2.65. The quantitative estimate of drug-likeness (QED) is 0.868. The maximum Gasteiger partial charge on any atom is 0.251 e. The van der Waals surface area contributed by atoms with Crippen LogP contribution in [0.1, 0.15) is 28.8 Å². The van der Waals surface area contributed by atoms with Gasteiger partial charge in [0.1, 0.15) is 0 Å². The summed E-state index contributed by atoms with van der Waals surface area (Å²) in [5, 5.41) is 3.37. The van der Waals surface area contributed by atoms with Gasteiger partial charge in [-0.15, -0.1) is 0 Å². The van der Waals surface area contributed by atoms with Gasteiger partial charge >= 0.3 is 0 Å². The van der Waals surface area contributed by atoms with Crippen molar-refractivity contribution in [2.45, 2.75) is 30.7 Å². The van der Waals surface area contributed by atoms with Crippen molar-refractivity contribution in [1.29, 1.82) is 0 Å². The van der Waals surface area contributed by atoms with E-state index < -0.39 is 10.0 Å². The maximum atomic E-state index is 13.0. The van der Waals surface area contributed by atoms with Crippen molar-refractivity contribution in [2.24, 2.45) is 0 Å². The van der Waals surface area contributed by atoms with Gasteiger partial charge in [0, 0.05) is 29.7 Å². The summed E-state index contributed by atoms with van der Waals surface area (Å²) in [4.78, 5) is 12.6. The molecule has 0 unspecified atom stereocenters. The van der Waals surface area contributed by atoms with Crippen molar-refractivity contribution in [3.05, 3.63) is 64.7 Å². The van der Waals surface area contributed by atoms with E-state index in [1.54, 1.807) is 49.4 Å². The highest BCUT2D eigenvalue weighted by atomic mass is 35.5. The van der Waals surface area contributed by atoms with Crippen molar-refractivity contribution < 1.29 is 13.2 Å². The summed E-state index contributed by atoms with van der Waals surface area (Å²) in [7, 11) is -3.65. The molecule has 1 N–H and O–H groups in total. The molecular weight excluding hydrogens is 372 g/mol. The van der Waals surface area contributed by atoms with Crippen LogP contribution in [0, 0.1) is 6.92 Å². The number of nitrogens with zero attached hydrogens (tertiary/aromatic N) is 1. The van der Waals surface area contributed by atoms with Gasteiger partial charge < -0.3 is 5.32 Å². The summed E-state index contributed by atoms with van der Waals surface area (Å²) in [6.45, 7) is 2.40. The monoisotopic (exact) mass is 392 g/mol. The van der Waals surface area contributed by atoms with Crippen LogP contribution < -0.4 is 5.32 Å². The third-order valence-corrected chi connectivity index (χ3v) is 7.01. The normalized spacial score (nSPS) is 18.5. The van der Waals surface area contributed by atoms with Crippen LogP contribution in [-0.2, 0) is 10.0 Å². The third-order valence-electron chi connectivity index (χ3n) is 4.59. The topological polar surface area (TPSA) is 66.5 Å². The van der Waals surface area contributed by atoms with E-state index in [0.29, 0.717) is 29.1 Å². The Labute approximate surface area is 159 Å². The fourth-order valence-corrected chi connectivity index (χ4v) is 5.14. The standard InChI is InChI=1S/C19H21ClN2O3S/c1-14-17(20)10-5-11-18(14)26(24,25)22-12-6-9-16(13-22)21-19(23)15-7-3-2-4-8-15/h2-5,7-8,10-11,16H,6,9,12-13H2,1H3,(H,21,23)/t16-/m0/s1. The molecule has 138 valence electrons. The third kappa shape index (κ3) is 3.92. The fourth-order valence-electron chi connectivity index (χ4n) is 3.14. The lowest BCUT2D eigenvalue weighted by molar-refractivity contribution is 0.0921. The van der Waals surface area contributed by atoms with Crippen LogP contribution in [0.4, 0.5) is 0 Å². The molecule has 0 spiro atoms. The summed E-state index contributed by atoms with van der Waals surface area (Å²) in [5.41, 5.74) is 1.11. The van der Waals surface area contributed by atoms with Crippen molar-refractivity contribution in [2.75, 3.05) is 13.1 Å². The van der Waals surface area contributed by atoms with Gasteiger partial charge in [-0.05, 0) is 49.6 Å². The first-order valence-electron chi connectivity index (χ1n) is 8.51. The van der Waals surface area contributed by atoms with E-state index in [4.69, 9.17) is 11.6 Å². The van der Waals surface area contributed by atoms with Gasteiger partial charge in [0.05, 0.1) is 4.90 Å². The predicted octanol–water partition coefficient (Wildman–Crippen LogP) is 3.23. The number of rotatable bonds is 4. The Morgan fingerprint density at radius 2 is 1.88 bits per heavy atom. The molecule has 3 rings (SSSR count). The Kier molecular flexibility index (Phi) is 5.65. The minimum absolute atomic E-state index is 0.186. The number of hydrogen-bond acceptors (Lipinski definition) is 3. The molecule has 1 amide bonds. The Balaban J connectivity index is 1.76. The summed E-state index contributed by atoms with van der Waals surface area (Å²) >= 11 is 6.08. The zero-order valence-corrected chi connectivity index (χ0v) is 16.1. The molecule has 2 aromatic rings. The van der Waals surface area contributed by atoms with E-state index in [2.05, 4.69) is 5.32 Å². The molecule has 1 atom stereocenters. The predicted molar refractivity (Wildman–Crippen MR) is 102 cm³/mol. The number of nitrogens with one attached hydrogen (secondary N) is 1. The lowest BCUT2D eigenvalue weighted by atomic mass is 10.1. The Morgan fingerprint density at radius 3 is 2.62 bits per heavy atom. The Hall–Kier alpha value is -1.89. The van der Waals surface area contributed by atoms with Crippen molar-refractivity contribution in [3.8, 4) is 0 Å². The molecule has 0 aromatic heterocycles. The summed E-state index contributed by atoms with van der Waals surface area (Å²) in [5.74, 6) is -0.186. The van der Waals surface area contributed by atoms with Crippen LogP contribution in [0.15, 0.2) is 53.4 Å². The van der Waals surface area contributed by atoms with E-state index in [0.717, 1.165) is 6.42 Å². The summed E-state index contributed by atoms with van der Waals surface area (Å²) in [6, 6.07) is 13.6. The van der Waals surface area contributed by atoms with Crippen LogP contribution in [-0.4, -0.2) is 37.8 Å². The molecule has 2 aromatic carbocycles. The molecule has 0 bridgehead atoms. The lowest BCUT2D eigenvalue weighted by Gasteiger charge is -2.32. The van der Waals surface area contributed by atoms with Gasteiger partial charge in [-0.2, -0.15) is 4.31 Å². The number of carbonyl (C=O) groups excluding carboxylic acids is 1. The number of halogens is 1. The van der Waals surface area contributed by atoms with E-state index in [-0.39, 0.29) is 23.4 Å². The number of piperidine rings is 1. The van der Waals surface area contributed by atoms with Crippen molar-refractivity contribution in [1.82, 2.24) is 9.62 Å². The van der Waals surface area contributed by atoms with Gasteiger partial charge in [-0.25, -0.2) is 8.42 Å². The molecule has 1 heterocycles. The zero-order valence-electron chi connectivity index (χ0n) is 14.5. The van der Waals surface area contributed by atoms with Crippen LogP contribution >= 0.6 is 11.6 Å². The van der Waals surface area contributed by atoms with Gasteiger partial charge in [0.2, 0.25) is 10.0 Å². The second-order valence-electron chi connectivity index (χ2n) is 6.40. The minimum Gasteiger partial charge on any atom is -0.348 e. The van der Waals surface area contributed by atoms with E-state index >= 15 is 0 Å². The summed E-state index contributed by atoms with van der Waals surface area (Å²) in [6.07, 6.45) is 1.44. The molecule has 7 heteroatoms. The maximum absolute atomic E-state index is 13.0. The smallest absolute Gasteiger partial charge is 0.251 e. The highest BCUT2D eigenvalue weighted by Crippen LogP contribution is 2.27. The molecule has 26 heavy (non-hydrogen) atoms. The van der Waals surface area contributed by atoms with Gasteiger partial charge in [0.15, 0.2) is 0 Å². The van der Waals surface area contributed by atoms with E-state index in [1.165, 1.54) is 4.31 Å². The molecule has 0 aliphatic carbocycles. The first-order chi connectivity index (χ1) is 12.4.